The van der Waals surface area contributed by atoms with Crippen LogP contribution in [0.2, 0.25) is 0 Å². The van der Waals surface area contributed by atoms with Gasteiger partial charge in [-0.15, -0.1) is 11.8 Å². The molecule has 0 aliphatic carbocycles. The van der Waals surface area contributed by atoms with E-state index in [2.05, 4.69) is 59.7 Å². The van der Waals surface area contributed by atoms with Gasteiger partial charge < -0.3 is 9.31 Å². The summed E-state index contributed by atoms with van der Waals surface area (Å²) in [6.45, 7) is 12.6. The molecule has 1 fully saturated rings. The van der Waals surface area contributed by atoms with Gasteiger partial charge in [0.25, 0.3) is 0 Å². The quantitative estimate of drug-likeness (QED) is 0.623. The Morgan fingerprint density at radius 1 is 1.11 bits per heavy atom. The summed E-state index contributed by atoms with van der Waals surface area (Å²) in [7, 11) is -0.259. The van der Waals surface area contributed by atoms with E-state index in [1.165, 1.54) is 10.5 Å². The van der Waals surface area contributed by atoms with Gasteiger partial charge in [-0.05, 0) is 58.0 Å². The predicted molar refractivity (Wildman–Crippen MR) is 83.3 cm³/mol. The predicted octanol–water partition coefficient (Wildman–Crippen LogP) is 3.41. The molecule has 0 radical (unpaired) electrons. The molecule has 0 bridgehead atoms. The van der Waals surface area contributed by atoms with Gasteiger partial charge in [0, 0.05) is 4.90 Å². The molecule has 2 rings (SSSR count). The van der Waals surface area contributed by atoms with Crippen LogP contribution in [0.15, 0.2) is 23.1 Å². The lowest BCUT2D eigenvalue weighted by atomic mass is 9.76. The molecule has 1 aliphatic rings. The average molecular weight is 278 g/mol. The standard InChI is InChI=1S/C15H23BO2S/c1-7-19-12-8-9-13(11(2)10-12)16-17-14(3,4)15(5,6)18-16/h8-10H,7H2,1-6H3. The van der Waals surface area contributed by atoms with Crippen molar-refractivity contribution >= 4 is 24.3 Å². The first kappa shape index (κ1) is 15.0. The van der Waals surface area contributed by atoms with Gasteiger partial charge in [-0.3, -0.25) is 0 Å². The molecular formula is C15H23BO2S. The van der Waals surface area contributed by atoms with Gasteiger partial charge in [-0.1, -0.05) is 18.6 Å². The highest BCUT2D eigenvalue weighted by molar-refractivity contribution is 7.99. The summed E-state index contributed by atoms with van der Waals surface area (Å²) >= 11 is 1.86. The normalized spacial score (nSPS) is 20.8. The number of aryl methyl sites for hydroxylation is 1. The number of hydrogen-bond donors (Lipinski definition) is 0. The zero-order valence-corrected chi connectivity index (χ0v) is 13.6. The third-order valence-electron chi connectivity index (χ3n) is 4.06. The van der Waals surface area contributed by atoms with Crippen molar-refractivity contribution in [3.8, 4) is 0 Å². The molecule has 104 valence electrons. The third kappa shape index (κ3) is 2.86. The molecular weight excluding hydrogens is 255 g/mol. The monoisotopic (exact) mass is 278 g/mol. The number of benzene rings is 1. The van der Waals surface area contributed by atoms with Gasteiger partial charge in [0.05, 0.1) is 11.2 Å². The van der Waals surface area contributed by atoms with Crippen LogP contribution >= 0.6 is 11.8 Å². The zero-order chi connectivity index (χ0) is 14.3. The van der Waals surface area contributed by atoms with Gasteiger partial charge in [-0.2, -0.15) is 0 Å². The molecule has 19 heavy (non-hydrogen) atoms. The highest BCUT2D eigenvalue weighted by Crippen LogP contribution is 2.36. The average Bonchev–Trinajstić information content (AvgIpc) is 2.48. The molecule has 1 aromatic carbocycles. The highest BCUT2D eigenvalue weighted by atomic mass is 32.2. The largest absolute Gasteiger partial charge is 0.495 e. The number of thioether (sulfide) groups is 1. The number of hydrogen-bond acceptors (Lipinski definition) is 3. The Morgan fingerprint density at radius 2 is 1.68 bits per heavy atom. The van der Waals surface area contributed by atoms with Gasteiger partial charge in [0.1, 0.15) is 0 Å². The highest BCUT2D eigenvalue weighted by Gasteiger charge is 2.51. The summed E-state index contributed by atoms with van der Waals surface area (Å²) in [5.41, 5.74) is 1.82. The lowest BCUT2D eigenvalue weighted by molar-refractivity contribution is 0.00578. The Bertz CT molecular complexity index is 455. The molecule has 0 unspecified atom stereocenters. The van der Waals surface area contributed by atoms with Crippen LogP contribution in [0.1, 0.15) is 40.2 Å². The number of rotatable bonds is 3. The van der Waals surface area contributed by atoms with E-state index in [-0.39, 0.29) is 18.3 Å². The van der Waals surface area contributed by atoms with Crippen molar-refractivity contribution in [2.45, 2.75) is 57.6 Å². The van der Waals surface area contributed by atoms with Crippen LogP contribution in [0.4, 0.5) is 0 Å². The molecule has 0 atom stereocenters. The van der Waals surface area contributed by atoms with Crippen LogP contribution in [-0.4, -0.2) is 24.1 Å². The fraction of sp³-hybridized carbons (Fsp3) is 0.600. The van der Waals surface area contributed by atoms with Crippen LogP contribution in [-0.2, 0) is 9.31 Å². The van der Waals surface area contributed by atoms with E-state index < -0.39 is 0 Å². The summed E-state index contributed by atoms with van der Waals surface area (Å²) in [5.74, 6) is 1.09. The van der Waals surface area contributed by atoms with E-state index in [1.54, 1.807) is 0 Å². The molecule has 0 spiro atoms. The van der Waals surface area contributed by atoms with Crippen molar-refractivity contribution in [1.82, 2.24) is 0 Å². The summed E-state index contributed by atoms with van der Waals surface area (Å²) < 4.78 is 12.2. The molecule has 0 saturated carbocycles. The molecule has 1 saturated heterocycles. The Hall–Kier alpha value is -0.445. The Labute approximate surface area is 121 Å². The topological polar surface area (TPSA) is 18.5 Å². The van der Waals surface area contributed by atoms with E-state index >= 15 is 0 Å². The second kappa shape index (κ2) is 5.15. The van der Waals surface area contributed by atoms with Crippen LogP contribution in [0.5, 0.6) is 0 Å². The van der Waals surface area contributed by atoms with Crippen LogP contribution in [0.3, 0.4) is 0 Å². The Kier molecular flexibility index (Phi) is 4.06. The molecule has 4 heteroatoms. The summed E-state index contributed by atoms with van der Waals surface area (Å²) in [6, 6.07) is 6.51. The molecule has 0 amide bonds. The third-order valence-corrected chi connectivity index (χ3v) is 4.94. The van der Waals surface area contributed by atoms with E-state index in [1.807, 2.05) is 11.8 Å². The molecule has 1 heterocycles. The second-order valence-corrected chi connectivity index (χ2v) is 7.38. The van der Waals surface area contributed by atoms with Gasteiger partial charge in [0.15, 0.2) is 0 Å². The molecule has 1 aromatic rings. The molecule has 1 aliphatic heterocycles. The lowest BCUT2D eigenvalue weighted by Gasteiger charge is -2.32. The summed E-state index contributed by atoms with van der Waals surface area (Å²) in [5, 5.41) is 0. The maximum absolute atomic E-state index is 6.10. The van der Waals surface area contributed by atoms with Crippen molar-refractivity contribution in [1.29, 1.82) is 0 Å². The second-order valence-electron chi connectivity index (χ2n) is 6.04. The molecule has 2 nitrogen and oxygen atoms in total. The van der Waals surface area contributed by atoms with Crippen molar-refractivity contribution < 1.29 is 9.31 Å². The van der Waals surface area contributed by atoms with Gasteiger partial charge in [0.2, 0.25) is 0 Å². The van der Waals surface area contributed by atoms with Crippen LogP contribution in [0.25, 0.3) is 0 Å². The van der Waals surface area contributed by atoms with Crippen LogP contribution < -0.4 is 5.46 Å². The van der Waals surface area contributed by atoms with Gasteiger partial charge in [-0.25, -0.2) is 0 Å². The fourth-order valence-electron chi connectivity index (χ4n) is 2.14. The van der Waals surface area contributed by atoms with Gasteiger partial charge >= 0.3 is 7.12 Å². The van der Waals surface area contributed by atoms with E-state index in [9.17, 15) is 0 Å². The molecule has 0 N–H and O–H groups in total. The zero-order valence-electron chi connectivity index (χ0n) is 12.7. The Morgan fingerprint density at radius 3 is 2.16 bits per heavy atom. The minimum atomic E-state index is -0.277. The summed E-state index contributed by atoms with van der Waals surface area (Å²) in [4.78, 5) is 1.31. The minimum absolute atomic E-state index is 0.259. The Balaban J connectivity index is 2.25. The first-order chi connectivity index (χ1) is 8.77. The van der Waals surface area contributed by atoms with Crippen molar-refractivity contribution in [3.63, 3.8) is 0 Å². The SMILES string of the molecule is CCSc1ccc(B2OC(C)(C)C(C)(C)O2)c(C)c1. The maximum atomic E-state index is 6.10. The molecule has 0 aromatic heterocycles. The van der Waals surface area contributed by atoms with E-state index in [4.69, 9.17) is 9.31 Å². The van der Waals surface area contributed by atoms with Crippen molar-refractivity contribution in [3.05, 3.63) is 23.8 Å². The van der Waals surface area contributed by atoms with E-state index in [0.717, 1.165) is 11.2 Å². The fourth-order valence-corrected chi connectivity index (χ4v) is 2.90. The first-order valence-electron chi connectivity index (χ1n) is 6.86. The van der Waals surface area contributed by atoms with E-state index in [0.29, 0.717) is 0 Å². The van der Waals surface area contributed by atoms with Crippen molar-refractivity contribution in [2.75, 3.05) is 5.75 Å². The van der Waals surface area contributed by atoms with Crippen LogP contribution in [0, 0.1) is 6.92 Å². The lowest BCUT2D eigenvalue weighted by Crippen LogP contribution is -2.41. The minimum Gasteiger partial charge on any atom is -0.399 e. The van der Waals surface area contributed by atoms with Crippen molar-refractivity contribution in [2.24, 2.45) is 0 Å². The smallest absolute Gasteiger partial charge is 0.399 e. The first-order valence-corrected chi connectivity index (χ1v) is 7.84. The summed E-state index contributed by atoms with van der Waals surface area (Å²) in [6.07, 6.45) is 0. The maximum Gasteiger partial charge on any atom is 0.495 e.